The van der Waals surface area contributed by atoms with E-state index in [0.29, 0.717) is 24.5 Å². The number of benzene rings is 1. The molecule has 4 rings (SSSR count). The Morgan fingerprint density at radius 2 is 1.91 bits per heavy atom. The van der Waals surface area contributed by atoms with Crippen molar-refractivity contribution in [1.29, 1.82) is 0 Å². The summed E-state index contributed by atoms with van der Waals surface area (Å²) in [5.41, 5.74) is 3.15. The van der Waals surface area contributed by atoms with E-state index in [-0.39, 0.29) is 18.2 Å². The van der Waals surface area contributed by atoms with E-state index in [1.54, 1.807) is 17.3 Å². The van der Waals surface area contributed by atoms with Crippen molar-refractivity contribution in [2.24, 2.45) is 0 Å². The van der Waals surface area contributed by atoms with Crippen molar-refractivity contribution < 1.29 is 13.6 Å². The van der Waals surface area contributed by atoms with Gasteiger partial charge in [-0.05, 0) is 49.6 Å². The molecule has 1 aromatic carbocycles. The molecule has 1 aliphatic rings. The van der Waals surface area contributed by atoms with Crippen LogP contribution in [0.4, 0.5) is 8.78 Å². The minimum Gasteiger partial charge on any atom is -0.342 e. The second-order valence-corrected chi connectivity index (χ2v) is 7.89. The van der Waals surface area contributed by atoms with Gasteiger partial charge in [-0.3, -0.25) is 9.78 Å². The third-order valence-electron chi connectivity index (χ3n) is 5.63. The van der Waals surface area contributed by atoms with Crippen LogP contribution in [-0.2, 0) is 11.2 Å². The molecule has 1 fully saturated rings. The Bertz CT molecular complexity index is 1110. The highest BCUT2D eigenvalue weighted by Gasteiger charge is 2.26. The number of carbonyl (C=O) groups is 1. The van der Waals surface area contributed by atoms with Crippen LogP contribution in [0, 0.1) is 11.6 Å². The van der Waals surface area contributed by atoms with Crippen molar-refractivity contribution in [2.75, 3.05) is 13.1 Å². The summed E-state index contributed by atoms with van der Waals surface area (Å²) in [6.45, 7) is 3.10. The van der Waals surface area contributed by atoms with Crippen LogP contribution in [0.1, 0.15) is 42.5 Å². The van der Waals surface area contributed by atoms with Gasteiger partial charge in [0.1, 0.15) is 11.6 Å². The third kappa shape index (κ3) is 5.04. The smallest absolute Gasteiger partial charge is 0.226 e. The van der Waals surface area contributed by atoms with Crippen LogP contribution in [0.15, 0.2) is 55.0 Å². The summed E-state index contributed by atoms with van der Waals surface area (Å²) >= 11 is 0. The van der Waals surface area contributed by atoms with Crippen LogP contribution >= 0.6 is 0 Å². The molecule has 3 heterocycles. The van der Waals surface area contributed by atoms with Crippen LogP contribution in [0.25, 0.3) is 17.5 Å². The van der Waals surface area contributed by atoms with Gasteiger partial charge in [0.15, 0.2) is 5.82 Å². The van der Waals surface area contributed by atoms with Gasteiger partial charge in [-0.1, -0.05) is 12.2 Å². The number of rotatable bonds is 5. The van der Waals surface area contributed by atoms with Gasteiger partial charge in [0.25, 0.3) is 0 Å². The molecule has 32 heavy (non-hydrogen) atoms. The maximum atomic E-state index is 13.4. The predicted molar refractivity (Wildman–Crippen MR) is 119 cm³/mol. The van der Waals surface area contributed by atoms with E-state index in [0.717, 1.165) is 35.7 Å². The molecule has 0 spiro atoms. The second kappa shape index (κ2) is 9.77. The van der Waals surface area contributed by atoms with Crippen LogP contribution in [0.5, 0.6) is 0 Å². The van der Waals surface area contributed by atoms with Crippen molar-refractivity contribution in [3.63, 3.8) is 0 Å². The van der Waals surface area contributed by atoms with Gasteiger partial charge in [0, 0.05) is 54.8 Å². The molecule has 0 atom stereocenters. The van der Waals surface area contributed by atoms with Crippen molar-refractivity contribution in [3.05, 3.63) is 83.5 Å². The highest BCUT2D eigenvalue weighted by molar-refractivity contribution is 5.79. The lowest BCUT2D eigenvalue weighted by atomic mass is 9.90. The van der Waals surface area contributed by atoms with E-state index in [1.807, 2.05) is 37.4 Å². The van der Waals surface area contributed by atoms with E-state index < -0.39 is 11.6 Å². The number of aromatic nitrogens is 3. The maximum absolute atomic E-state index is 13.4. The van der Waals surface area contributed by atoms with Crippen LogP contribution in [0.3, 0.4) is 0 Å². The average molecular weight is 434 g/mol. The van der Waals surface area contributed by atoms with E-state index in [4.69, 9.17) is 4.98 Å². The van der Waals surface area contributed by atoms with E-state index >= 15 is 0 Å². The van der Waals surface area contributed by atoms with E-state index in [9.17, 15) is 13.6 Å². The summed E-state index contributed by atoms with van der Waals surface area (Å²) in [5, 5.41) is 0. The van der Waals surface area contributed by atoms with Gasteiger partial charge in [-0.2, -0.15) is 0 Å². The second-order valence-electron chi connectivity index (χ2n) is 7.89. The van der Waals surface area contributed by atoms with Crippen LogP contribution in [0.2, 0.25) is 0 Å². The fourth-order valence-electron chi connectivity index (χ4n) is 4.08. The average Bonchev–Trinajstić information content (AvgIpc) is 2.79. The van der Waals surface area contributed by atoms with Gasteiger partial charge in [-0.15, -0.1) is 0 Å². The first kappa shape index (κ1) is 21.7. The molecule has 1 aliphatic heterocycles. The number of amides is 1. The largest absolute Gasteiger partial charge is 0.342 e. The fraction of sp³-hybridized carbons (Fsp3) is 0.280. The Balaban J connectivity index is 1.48. The Morgan fingerprint density at radius 1 is 1.16 bits per heavy atom. The van der Waals surface area contributed by atoms with Gasteiger partial charge in [0.05, 0.1) is 12.1 Å². The van der Waals surface area contributed by atoms with Crippen molar-refractivity contribution in [3.8, 4) is 11.4 Å². The number of likely N-dealkylation sites (tertiary alicyclic amines) is 1. The molecule has 0 unspecified atom stereocenters. The fourth-order valence-corrected chi connectivity index (χ4v) is 4.08. The molecule has 2 aromatic heterocycles. The highest BCUT2D eigenvalue weighted by Crippen LogP contribution is 2.31. The highest BCUT2D eigenvalue weighted by atomic mass is 19.1. The summed E-state index contributed by atoms with van der Waals surface area (Å²) in [7, 11) is 0. The minimum atomic E-state index is -0.670. The Morgan fingerprint density at radius 3 is 2.56 bits per heavy atom. The van der Waals surface area contributed by atoms with Crippen LogP contribution < -0.4 is 0 Å². The molecule has 164 valence electrons. The summed E-state index contributed by atoms with van der Waals surface area (Å²) < 4.78 is 26.9. The molecule has 0 N–H and O–H groups in total. The first-order valence-electron chi connectivity index (χ1n) is 10.7. The number of halogens is 2. The zero-order valence-electron chi connectivity index (χ0n) is 17.8. The quantitative estimate of drug-likeness (QED) is 0.579. The summed E-state index contributed by atoms with van der Waals surface area (Å²) in [6.07, 6.45) is 10.8. The molecular formula is C25H24F2N4O. The Kier molecular flexibility index (Phi) is 6.63. The molecule has 3 aromatic rings. The van der Waals surface area contributed by atoms with E-state index in [2.05, 4.69) is 9.97 Å². The molecule has 1 amide bonds. The first-order valence-corrected chi connectivity index (χ1v) is 10.7. The number of piperidine rings is 1. The van der Waals surface area contributed by atoms with Gasteiger partial charge in [-0.25, -0.2) is 18.7 Å². The molecule has 0 saturated carbocycles. The minimum absolute atomic E-state index is 0.0121. The van der Waals surface area contributed by atoms with Gasteiger partial charge >= 0.3 is 0 Å². The molecule has 0 bridgehead atoms. The predicted octanol–water partition coefficient (Wildman–Crippen LogP) is 4.80. The maximum Gasteiger partial charge on any atom is 0.226 e. The lowest BCUT2D eigenvalue weighted by molar-refractivity contribution is -0.131. The third-order valence-corrected chi connectivity index (χ3v) is 5.63. The standard InChI is InChI=1S/C25H24F2N4O/c1-2-4-19-16-29-25(20-5-3-8-28-15-20)30-24(19)18-6-9-31(10-7-18)23(32)13-17-11-21(26)14-22(27)12-17/h2-5,8,11-12,14-16,18H,6-7,9-10,13H2,1H3/b4-2+. The van der Waals surface area contributed by atoms with Gasteiger partial charge in [0.2, 0.25) is 5.91 Å². The summed E-state index contributed by atoms with van der Waals surface area (Å²) in [6, 6.07) is 7.00. The lowest BCUT2D eigenvalue weighted by Gasteiger charge is -2.32. The number of nitrogens with zero attached hydrogens (tertiary/aromatic N) is 4. The van der Waals surface area contributed by atoms with E-state index in [1.165, 1.54) is 12.1 Å². The normalized spacial score (nSPS) is 14.8. The molecule has 0 radical (unpaired) electrons. The monoisotopic (exact) mass is 434 g/mol. The number of pyridine rings is 1. The summed E-state index contributed by atoms with van der Waals surface area (Å²) in [5.74, 6) is -0.642. The first-order chi connectivity index (χ1) is 15.5. The molecule has 1 saturated heterocycles. The van der Waals surface area contributed by atoms with Crippen molar-refractivity contribution >= 4 is 12.0 Å². The van der Waals surface area contributed by atoms with Crippen molar-refractivity contribution in [2.45, 2.75) is 32.1 Å². The van der Waals surface area contributed by atoms with Crippen LogP contribution in [-0.4, -0.2) is 38.8 Å². The SMILES string of the molecule is C/C=C/c1cnc(-c2cccnc2)nc1C1CCN(C(=O)Cc2cc(F)cc(F)c2)CC1. The molecule has 0 aliphatic carbocycles. The Labute approximate surface area is 185 Å². The lowest BCUT2D eigenvalue weighted by Crippen LogP contribution is -2.39. The van der Waals surface area contributed by atoms with Gasteiger partial charge < -0.3 is 4.90 Å². The number of hydrogen-bond acceptors (Lipinski definition) is 4. The zero-order chi connectivity index (χ0) is 22.5. The number of hydrogen-bond donors (Lipinski definition) is 0. The molecule has 7 heteroatoms. The zero-order valence-corrected chi connectivity index (χ0v) is 17.8. The number of allylic oxidation sites excluding steroid dienone is 1. The summed E-state index contributed by atoms with van der Waals surface area (Å²) in [4.78, 5) is 27.9. The Hall–Kier alpha value is -3.48. The van der Waals surface area contributed by atoms with Crippen molar-refractivity contribution in [1.82, 2.24) is 19.9 Å². The topological polar surface area (TPSA) is 59.0 Å². The molecular weight excluding hydrogens is 410 g/mol. The molecule has 5 nitrogen and oxygen atoms in total. The number of carbonyl (C=O) groups excluding carboxylic acids is 1.